The fourth-order valence-electron chi connectivity index (χ4n) is 2.32. The number of nitrogens with zero attached hydrogens (tertiary/aromatic N) is 1. The Hall–Kier alpha value is -1.28. The van der Waals surface area contributed by atoms with Crippen LogP contribution >= 0.6 is 23.5 Å². The summed E-state index contributed by atoms with van der Waals surface area (Å²) in [6.07, 6.45) is -0.686. The Bertz CT molecular complexity index is 1120. The molecular formula is C14H24FN2O13P3. The van der Waals surface area contributed by atoms with Crippen molar-refractivity contribution < 1.29 is 55.5 Å². The molecule has 0 saturated heterocycles. The lowest BCUT2D eigenvalue weighted by Crippen LogP contribution is -2.36. The normalized spacial score (nSPS) is 20.1. The monoisotopic (exact) mass is 540 g/mol. The summed E-state index contributed by atoms with van der Waals surface area (Å²) < 4.78 is 64.9. The second-order valence-corrected chi connectivity index (χ2v) is 11.5. The third kappa shape index (κ3) is 9.47. The van der Waals surface area contributed by atoms with Crippen LogP contribution in [-0.2, 0) is 37.9 Å². The molecule has 6 atom stereocenters. The molecule has 15 nitrogen and oxygen atoms in total. The van der Waals surface area contributed by atoms with Crippen molar-refractivity contribution in [2.24, 2.45) is 11.8 Å². The highest BCUT2D eigenvalue weighted by molar-refractivity contribution is 7.66. The predicted molar refractivity (Wildman–Crippen MR) is 109 cm³/mol. The first-order chi connectivity index (χ1) is 14.9. The molecule has 0 saturated carbocycles. The molecule has 0 bridgehead atoms. The molecular weight excluding hydrogens is 516 g/mol. The maximum atomic E-state index is 13.4. The van der Waals surface area contributed by atoms with E-state index in [-0.39, 0.29) is 5.57 Å². The maximum Gasteiger partial charge on any atom is 0.490 e. The molecule has 1 aromatic heterocycles. The predicted octanol–water partition coefficient (Wildman–Crippen LogP) is 0.862. The number of aliphatic hydroxyl groups is 1. The number of phosphoric ester groups is 2. The number of H-pyrrole nitrogens is 1. The summed E-state index contributed by atoms with van der Waals surface area (Å²) in [5.41, 5.74) is -1.93. The van der Waals surface area contributed by atoms with Gasteiger partial charge in [0.05, 0.1) is 25.5 Å². The van der Waals surface area contributed by atoms with Crippen LogP contribution < -0.4 is 11.2 Å². The molecule has 0 aliphatic carbocycles. The fourth-order valence-corrected chi connectivity index (χ4v) is 5.66. The number of rotatable bonds is 13. The number of phosphoric acid groups is 3. The average molecular weight is 540 g/mol. The average Bonchev–Trinajstić information content (AvgIpc) is 2.67. The van der Waals surface area contributed by atoms with Gasteiger partial charge in [-0.3, -0.25) is 23.4 Å². The van der Waals surface area contributed by atoms with Crippen molar-refractivity contribution in [2.75, 3.05) is 13.7 Å². The van der Waals surface area contributed by atoms with Crippen molar-refractivity contribution in [3.05, 3.63) is 45.0 Å². The van der Waals surface area contributed by atoms with Crippen LogP contribution in [0.3, 0.4) is 0 Å². The van der Waals surface area contributed by atoms with E-state index in [0.29, 0.717) is 13.3 Å². The summed E-state index contributed by atoms with van der Waals surface area (Å²) in [5.74, 6) is -2.79. The Morgan fingerprint density at radius 2 is 1.70 bits per heavy atom. The van der Waals surface area contributed by atoms with Gasteiger partial charge >= 0.3 is 29.2 Å². The lowest BCUT2D eigenvalue weighted by molar-refractivity contribution is 0.103. The van der Waals surface area contributed by atoms with Crippen molar-refractivity contribution in [2.45, 2.75) is 26.5 Å². The Labute approximate surface area is 186 Å². The first-order valence-corrected chi connectivity index (χ1v) is 13.4. The third-order valence-electron chi connectivity index (χ3n) is 4.28. The molecule has 190 valence electrons. The van der Waals surface area contributed by atoms with Gasteiger partial charge in [-0.05, 0) is 0 Å². The van der Waals surface area contributed by atoms with E-state index in [1.165, 1.54) is 13.8 Å². The smallest absolute Gasteiger partial charge is 0.391 e. The minimum atomic E-state index is -5.55. The topological polar surface area (TPSA) is 224 Å². The van der Waals surface area contributed by atoms with Crippen LogP contribution in [0, 0.1) is 17.7 Å². The van der Waals surface area contributed by atoms with Gasteiger partial charge in [-0.1, -0.05) is 26.0 Å². The van der Waals surface area contributed by atoms with Crippen LogP contribution in [0.4, 0.5) is 4.39 Å². The largest absolute Gasteiger partial charge is 0.490 e. The van der Waals surface area contributed by atoms with Crippen LogP contribution in [0.1, 0.15) is 13.8 Å². The molecule has 0 fully saturated rings. The van der Waals surface area contributed by atoms with Crippen LogP contribution in [0.15, 0.2) is 27.9 Å². The van der Waals surface area contributed by atoms with E-state index >= 15 is 0 Å². The zero-order valence-corrected chi connectivity index (χ0v) is 20.2. The van der Waals surface area contributed by atoms with Gasteiger partial charge in [-0.2, -0.15) is 13.0 Å². The quantitative estimate of drug-likeness (QED) is 0.173. The SMILES string of the molecule is C=C([C@H](C)COP(=O)(O)OP(=O)(O)OP(=O)(O)OC)[C@H](C)[C@@H](O)Cn1cc(F)c(=O)[nH]c1=O. The molecule has 0 radical (unpaired) electrons. The molecule has 1 heterocycles. The molecule has 0 spiro atoms. The van der Waals surface area contributed by atoms with Gasteiger partial charge in [0.2, 0.25) is 5.82 Å². The maximum absolute atomic E-state index is 13.4. The van der Waals surface area contributed by atoms with Gasteiger partial charge in [-0.15, -0.1) is 0 Å². The molecule has 19 heteroatoms. The van der Waals surface area contributed by atoms with Crippen LogP contribution in [0.5, 0.6) is 0 Å². The van der Waals surface area contributed by atoms with E-state index in [2.05, 4.69) is 24.2 Å². The van der Waals surface area contributed by atoms with E-state index in [1.54, 1.807) is 4.98 Å². The first-order valence-electron chi connectivity index (χ1n) is 8.87. The molecule has 0 aliphatic heterocycles. The summed E-state index contributed by atoms with van der Waals surface area (Å²) in [4.78, 5) is 52.4. The lowest BCUT2D eigenvalue weighted by Gasteiger charge is -2.26. The highest BCUT2D eigenvalue weighted by Gasteiger charge is 2.41. The summed E-state index contributed by atoms with van der Waals surface area (Å²) in [6, 6.07) is 0. The number of aromatic nitrogens is 2. The second kappa shape index (κ2) is 11.4. The van der Waals surface area contributed by atoms with E-state index in [1.807, 2.05) is 0 Å². The Morgan fingerprint density at radius 3 is 2.24 bits per heavy atom. The highest BCUT2D eigenvalue weighted by Crippen LogP contribution is 2.67. The van der Waals surface area contributed by atoms with Gasteiger partial charge < -0.3 is 19.8 Å². The first kappa shape index (κ1) is 29.8. The lowest BCUT2D eigenvalue weighted by atomic mass is 9.88. The minimum Gasteiger partial charge on any atom is -0.391 e. The minimum absolute atomic E-state index is 0.239. The molecule has 33 heavy (non-hydrogen) atoms. The number of nitrogens with one attached hydrogen (secondary N) is 1. The van der Waals surface area contributed by atoms with Crippen molar-refractivity contribution in [1.82, 2.24) is 9.55 Å². The molecule has 0 amide bonds. The van der Waals surface area contributed by atoms with Crippen LogP contribution in [0.25, 0.3) is 0 Å². The number of aliphatic hydroxyl groups excluding tert-OH is 1. The van der Waals surface area contributed by atoms with Crippen molar-refractivity contribution in [3.63, 3.8) is 0 Å². The molecule has 1 aromatic rings. The molecule has 5 N–H and O–H groups in total. The third-order valence-corrected chi connectivity index (χ3v) is 8.52. The van der Waals surface area contributed by atoms with E-state index in [0.717, 1.165) is 4.57 Å². The number of hydrogen-bond donors (Lipinski definition) is 5. The van der Waals surface area contributed by atoms with Gasteiger partial charge in [0.25, 0.3) is 5.56 Å². The highest BCUT2D eigenvalue weighted by atomic mass is 31.3. The standard InChI is InChI=1S/C14H24FN2O13P3/c1-8(7-28-32(23,24)30-33(25,26)29-31(21,22)27-4)9(2)10(3)12(18)6-17-5-11(15)13(19)16-14(17)20/h5,8,10,12,18H,2,6-7H2,1,3-4H3,(H,21,22)(H,23,24)(H,25,26)(H,16,19,20)/t8-,10+,12+/m1/s1. The molecule has 3 unspecified atom stereocenters. The zero-order valence-electron chi connectivity index (χ0n) is 17.6. The van der Waals surface area contributed by atoms with E-state index in [4.69, 9.17) is 4.89 Å². The Kier molecular flexibility index (Phi) is 10.3. The van der Waals surface area contributed by atoms with Crippen molar-refractivity contribution in [1.29, 1.82) is 0 Å². The molecule has 0 aliphatic rings. The van der Waals surface area contributed by atoms with Crippen LogP contribution in [0.2, 0.25) is 0 Å². The van der Waals surface area contributed by atoms with Gasteiger partial charge in [0.15, 0.2) is 0 Å². The second-order valence-electron chi connectivity index (χ2n) is 6.77. The van der Waals surface area contributed by atoms with E-state index in [9.17, 15) is 42.6 Å². The summed E-state index contributed by atoms with van der Waals surface area (Å²) in [5, 5.41) is 10.3. The number of halogens is 1. The Balaban J connectivity index is 2.75. The van der Waals surface area contributed by atoms with Gasteiger partial charge in [-0.25, -0.2) is 18.5 Å². The van der Waals surface area contributed by atoms with Gasteiger partial charge in [0.1, 0.15) is 0 Å². The summed E-state index contributed by atoms with van der Waals surface area (Å²) in [7, 11) is -15.2. The number of aromatic amines is 1. The molecule has 0 aromatic carbocycles. The summed E-state index contributed by atoms with van der Waals surface area (Å²) >= 11 is 0. The number of hydrogen-bond acceptors (Lipinski definition) is 10. The van der Waals surface area contributed by atoms with Crippen molar-refractivity contribution in [3.8, 4) is 0 Å². The Morgan fingerprint density at radius 1 is 1.15 bits per heavy atom. The molecule has 1 rings (SSSR count). The summed E-state index contributed by atoms with van der Waals surface area (Å²) in [6.45, 7) is 5.59. The fraction of sp³-hybridized carbons (Fsp3) is 0.571. The van der Waals surface area contributed by atoms with Crippen LogP contribution in [-0.4, -0.2) is 49.2 Å². The zero-order chi connectivity index (χ0) is 25.8. The van der Waals surface area contributed by atoms with E-state index < -0.39 is 71.6 Å². The van der Waals surface area contributed by atoms with Crippen molar-refractivity contribution >= 4 is 23.5 Å². The van der Waals surface area contributed by atoms with Gasteiger partial charge in [0, 0.05) is 18.9 Å².